The maximum atomic E-state index is 12.8. The number of aromatic nitrogens is 5. The minimum absolute atomic E-state index is 0.135. The van der Waals surface area contributed by atoms with Crippen LogP contribution in [0.15, 0.2) is 55.1 Å². The van der Waals surface area contributed by atoms with Crippen molar-refractivity contribution in [2.24, 2.45) is 0 Å². The molecule has 0 saturated carbocycles. The molecule has 1 aliphatic heterocycles. The maximum Gasteiger partial charge on any atom is 0.261 e. The van der Waals surface area contributed by atoms with Crippen LogP contribution in [0.3, 0.4) is 0 Å². The number of carbonyl (C=O) groups excluding carboxylic acids is 2. The van der Waals surface area contributed by atoms with Crippen LogP contribution in [0, 0.1) is 0 Å². The number of nitrogens with one attached hydrogen (secondary N) is 1. The highest BCUT2D eigenvalue weighted by Gasteiger charge is 2.34. The first-order valence-electron chi connectivity index (χ1n) is 9.17. The fourth-order valence-electron chi connectivity index (χ4n) is 3.23. The summed E-state index contributed by atoms with van der Waals surface area (Å²) < 4.78 is 6.97. The van der Waals surface area contributed by atoms with Gasteiger partial charge in [-0.2, -0.15) is 0 Å². The maximum absolute atomic E-state index is 12.8. The van der Waals surface area contributed by atoms with Crippen molar-refractivity contribution < 1.29 is 14.3 Å². The van der Waals surface area contributed by atoms with Gasteiger partial charge in [-0.15, -0.1) is 5.10 Å². The number of ether oxygens (including phenoxy) is 1. The molecule has 10 nitrogen and oxygen atoms in total. The second-order valence-corrected chi connectivity index (χ2v) is 6.52. The van der Waals surface area contributed by atoms with Crippen molar-refractivity contribution in [3.8, 4) is 11.4 Å². The van der Waals surface area contributed by atoms with Gasteiger partial charge in [-0.05, 0) is 53.6 Å². The lowest BCUT2D eigenvalue weighted by Gasteiger charge is -2.24. The monoisotopic (exact) mass is 393 g/mol. The van der Waals surface area contributed by atoms with Gasteiger partial charge in [-0.25, -0.2) is 4.68 Å². The quantitative estimate of drug-likeness (QED) is 0.666. The fourth-order valence-corrected chi connectivity index (χ4v) is 3.23. The third-order valence-corrected chi connectivity index (χ3v) is 4.60. The summed E-state index contributed by atoms with van der Waals surface area (Å²) in [4.78, 5) is 30.9. The number of rotatable bonds is 6. The lowest BCUT2D eigenvalue weighted by Crippen LogP contribution is -2.45. The van der Waals surface area contributed by atoms with Crippen LogP contribution < -0.4 is 10.1 Å². The molecule has 1 aliphatic rings. The Morgan fingerprint density at radius 3 is 2.97 bits per heavy atom. The lowest BCUT2D eigenvalue weighted by atomic mass is 10.2. The zero-order chi connectivity index (χ0) is 20.1. The highest BCUT2D eigenvalue weighted by molar-refractivity contribution is 5.97. The van der Waals surface area contributed by atoms with Crippen molar-refractivity contribution in [1.82, 2.24) is 30.1 Å². The van der Waals surface area contributed by atoms with E-state index in [1.54, 1.807) is 47.6 Å². The van der Waals surface area contributed by atoms with Gasteiger partial charge in [0.15, 0.2) is 6.61 Å². The minimum Gasteiger partial charge on any atom is -0.482 e. The Balaban J connectivity index is 1.39. The van der Waals surface area contributed by atoms with Crippen LogP contribution >= 0.6 is 0 Å². The standard InChI is InChI=1S/C19H19N7O3/c27-18(12-29-16-6-2-8-20-11-16)25-9-3-7-17(25)19(28)22-14-4-1-5-15(10-14)26-13-21-23-24-26/h1-2,4-6,8,10-11,13,17H,3,7,9,12H2,(H,22,28)/t17-/m0/s1. The third-order valence-electron chi connectivity index (χ3n) is 4.60. The van der Waals surface area contributed by atoms with E-state index in [-0.39, 0.29) is 18.4 Å². The van der Waals surface area contributed by atoms with Gasteiger partial charge in [0, 0.05) is 18.4 Å². The third kappa shape index (κ3) is 4.37. The zero-order valence-corrected chi connectivity index (χ0v) is 15.5. The Hall–Kier alpha value is -3.82. The van der Waals surface area contributed by atoms with E-state index in [4.69, 9.17) is 4.74 Å². The first-order valence-corrected chi connectivity index (χ1v) is 9.17. The van der Waals surface area contributed by atoms with Gasteiger partial charge in [-0.1, -0.05) is 6.07 Å². The Bertz CT molecular complexity index is 978. The molecule has 4 rings (SSSR count). The highest BCUT2D eigenvalue weighted by Crippen LogP contribution is 2.21. The predicted molar refractivity (Wildman–Crippen MR) is 102 cm³/mol. The number of tetrazole rings is 1. The molecule has 0 radical (unpaired) electrons. The van der Waals surface area contributed by atoms with E-state index in [1.165, 1.54) is 11.0 Å². The number of amides is 2. The van der Waals surface area contributed by atoms with Crippen molar-refractivity contribution in [2.45, 2.75) is 18.9 Å². The molecule has 1 N–H and O–H groups in total. The molecule has 0 bridgehead atoms. The highest BCUT2D eigenvalue weighted by atomic mass is 16.5. The van der Waals surface area contributed by atoms with Crippen LogP contribution in [-0.4, -0.2) is 61.1 Å². The molecule has 0 unspecified atom stereocenters. The van der Waals surface area contributed by atoms with Gasteiger partial charge in [0.05, 0.1) is 11.9 Å². The fraction of sp³-hybridized carbons (Fsp3) is 0.263. The molecule has 0 spiro atoms. The topological polar surface area (TPSA) is 115 Å². The largest absolute Gasteiger partial charge is 0.482 e. The number of benzene rings is 1. The van der Waals surface area contributed by atoms with Gasteiger partial charge >= 0.3 is 0 Å². The number of likely N-dealkylation sites (tertiary alicyclic amines) is 1. The van der Waals surface area contributed by atoms with Crippen molar-refractivity contribution in [3.63, 3.8) is 0 Å². The molecule has 1 atom stereocenters. The van der Waals surface area contributed by atoms with E-state index in [0.29, 0.717) is 24.4 Å². The van der Waals surface area contributed by atoms with Gasteiger partial charge in [0.1, 0.15) is 18.1 Å². The molecule has 148 valence electrons. The number of carbonyl (C=O) groups is 2. The number of pyridine rings is 1. The van der Waals surface area contributed by atoms with E-state index in [0.717, 1.165) is 12.1 Å². The lowest BCUT2D eigenvalue weighted by molar-refractivity contribution is -0.138. The summed E-state index contributed by atoms with van der Waals surface area (Å²) in [5.74, 6) is 0.0560. The van der Waals surface area contributed by atoms with Crippen LogP contribution in [-0.2, 0) is 9.59 Å². The molecule has 2 aromatic heterocycles. The molecule has 10 heteroatoms. The molecule has 0 aliphatic carbocycles. The Morgan fingerprint density at radius 1 is 1.24 bits per heavy atom. The number of nitrogens with zero attached hydrogens (tertiary/aromatic N) is 6. The first-order chi connectivity index (χ1) is 14.2. The Morgan fingerprint density at radius 2 is 2.17 bits per heavy atom. The van der Waals surface area contributed by atoms with Crippen molar-refractivity contribution in [1.29, 1.82) is 0 Å². The van der Waals surface area contributed by atoms with Crippen LogP contribution in [0.25, 0.3) is 5.69 Å². The summed E-state index contributed by atoms with van der Waals surface area (Å²) >= 11 is 0. The van der Waals surface area contributed by atoms with Gasteiger partial charge in [-0.3, -0.25) is 14.6 Å². The minimum atomic E-state index is -0.531. The van der Waals surface area contributed by atoms with E-state index >= 15 is 0 Å². The SMILES string of the molecule is O=C(Nc1cccc(-n2cnnn2)c1)[C@@H]1CCCN1C(=O)COc1cccnc1. The van der Waals surface area contributed by atoms with Crippen LogP contribution in [0.4, 0.5) is 5.69 Å². The molecule has 3 heterocycles. The summed E-state index contributed by atoms with van der Waals surface area (Å²) in [6, 6.07) is 10.1. The zero-order valence-electron chi connectivity index (χ0n) is 15.5. The molecule has 29 heavy (non-hydrogen) atoms. The molecule has 1 saturated heterocycles. The van der Waals surface area contributed by atoms with E-state index in [1.807, 2.05) is 6.07 Å². The average Bonchev–Trinajstić information content (AvgIpc) is 3.45. The predicted octanol–water partition coefficient (Wildman–Crippen LogP) is 1.07. The first kappa shape index (κ1) is 18.5. The summed E-state index contributed by atoms with van der Waals surface area (Å²) in [5, 5.41) is 13.9. The smallest absolute Gasteiger partial charge is 0.261 e. The molecule has 2 amide bonds. The average molecular weight is 393 g/mol. The second kappa shape index (κ2) is 8.46. The van der Waals surface area contributed by atoms with E-state index in [2.05, 4.69) is 25.8 Å². The van der Waals surface area contributed by atoms with E-state index < -0.39 is 6.04 Å². The Kier molecular flexibility index (Phi) is 5.41. The second-order valence-electron chi connectivity index (χ2n) is 6.52. The van der Waals surface area contributed by atoms with Crippen molar-refractivity contribution in [2.75, 3.05) is 18.5 Å². The molecular weight excluding hydrogens is 374 g/mol. The Labute approximate surface area is 166 Å². The number of hydrogen-bond donors (Lipinski definition) is 1. The number of anilines is 1. The summed E-state index contributed by atoms with van der Waals surface area (Å²) in [7, 11) is 0. The van der Waals surface area contributed by atoms with Crippen LogP contribution in [0.2, 0.25) is 0 Å². The molecular formula is C19H19N7O3. The van der Waals surface area contributed by atoms with Gasteiger partial charge in [0.25, 0.3) is 5.91 Å². The van der Waals surface area contributed by atoms with Crippen LogP contribution in [0.5, 0.6) is 5.75 Å². The molecule has 1 fully saturated rings. The van der Waals surface area contributed by atoms with Crippen LogP contribution in [0.1, 0.15) is 12.8 Å². The van der Waals surface area contributed by atoms with E-state index in [9.17, 15) is 9.59 Å². The van der Waals surface area contributed by atoms with Crippen molar-refractivity contribution in [3.05, 3.63) is 55.1 Å². The normalized spacial score (nSPS) is 15.9. The summed E-state index contributed by atoms with van der Waals surface area (Å²) in [5.41, 5.74) is 1.32. The number of hydrogen-bond acceptors (Lipinski definition) is 7. The molecule has 3 aromatic rings. The van der Waals surface area contributed by atoms with Gasteiger partial charge in [0.2, 0.25) is 5.91 Å². The molecule has 1 aromatic carbocycles. The van der Waals surface area contributed by atoms with Crippen molar-refractivity contribution >= 4 is 17.5 Å². The summed E-state index contributed by atoms with van der Waals surface area (Å²) in [6.07, 6.45) is 6.02. The van der Waals surface area contributed by atoms with Gasteiger partial charge < -0.3 is 15.0 Å². The summed E-state index contributed by atoms with van der Waals surface area (Å²) in [6.45, 7) is 0.391.